The van der Waals surface area contributed by atoms with Gasteiger partial charge in [-0.05, 0) is 42.8 Å². The molecule has 0 radical (unpaired) electrons. The highest BCUT2D eigenvalue weighted by Gasteiger charge is 2.27. The van der Waals surface area contributed by atoms with E-state index in [4.69, 9.17) is 0 Å². The molecule has 136 valence electrons. The van der Waals surface area contributed by atoms with Crippen molar-refractivity contribution in [3.8, 4) is 5.75 Å². The highest BCUT2D eigenvalue weighted by atomic mass is 16.3. The number of phenolic OH excluding ortho intramolecular Hbond substituents is 1. The number of phenols is 1. The molecule has 0 spiro atoms. The number of hydrogen-bond donors (Lipinski definition) is 2. The van der Waals surface area contributed by atoms with E-state index in [-0.39, 0.29) is 11.7 Å². The fourth-order valence-corrected chi connectivity index (χ4v) is 3.33. The summed E-state index contributed by atoms with van der Waals surface area (Å²) in [6.07, 6.45) is 1.70. The largest absolute Gasteiger partial charge is 0.508 e. The standard InChI is InChI=1S/C21H20N4O2/c1-13-10-14(26)8-9-16(13)23-20-11-18-19(12-22-20)25(3)21(27)15-6-4-5-7-17(15)24(18)2/h4-12,26H,1-3H3,(H,22,23). The van der Waals surface area contributed by atoms with Gasteiger partial charge in [0, 0.05) is 25.8 Å². The van der Waals surface area contributed by atoms with Crippen molar-refractivity contribution in [2.45, 2.75) is 6.92 Å². The Morgan fingerprint density at radius 1 is 0.963 bits per heavy atom. The number of nitrogens with one attached hydrogen (secondary N) is 1. The van der Waals surface area contributed by atoms with Crippen molar-refractivity contribution in [1.82, 2.24) is 4.98 Å². The molecule has 2 heterocycles. The molecule has 1 amide bonds. The van der Waals surface area contributed by atoms with E-state index in [9.17, 15) is 9.90 Å². The number of aryl methyl sites for hydroxylation is 1. The lowest BCUT2D eigenvalue weighted by Gasteiger charge is -2.23. The first kappa shape index (κ1) is 16.9. The third kappa shape index (κ3) is 2.85. The van der Waals surface area contributed by atoms with Gasteiger partial charge in [-0.1, -0.05) is 12.1 Å². The van der Waals surface area contributed by atoms with Crippen LogP contribution in [-0.4, -0.2) is 30.1 Å². The number of aromatic hydroxyl groups is 1. The van der Waals surface area contributed by atoms with Crippen LogP contribution in [0.15, 0.2) is 54.7 Å². The number of aromatic nitrogens is 1. The Bertz CT molecular complexity index is 1050. The number of carbonyl (C=O) groups is 1. The van der Waals surface area contributed by atoms with Gasteiger partial charge in [0.2, 0.25) is 0 Å². The first-order chi connectivity index (χ1) is 13.0. The summed E-state index contributed by atoms with van der Waals surface area (Å²) in [5, 5.41) is 12.9. The highest BCUT2D eigenvalue weighted by molar-refractivity contribution is 6.13. The van der Waals surface area contributed by atoms with Crippen LogP contribution in [0, 0.1) is 6.92 Å². The topological polar surface area (TPSA) is 68.7 Å². The molecule has 27 heavy (non-hydrogen) atoms. The van der Waals surface area contributed by atoms with Crippen LogP contribution in [-0.2, 0) is 0 Å². The smallest absolute Gasteiger partial charge is 0.260 e. The lowest BCUT2D eigenvalue weighted by Crippen LogP contribution is -2.25. The van der Waals surface area contributed by atoms with Crippen LogP contribution in [0.2, 0.25) is 0 Å². The molecule has 1 aliphatic rings. The van der Waals surface area contributed by atoms with Crippen molar-refractivity contribution in [3.05, 3.63) is 65.9 Å². The van der Waals surface area contributed by atoms with Gasteiger partial charge in [0.15, 0.2) is 0 Å². The maximum absolute atomic E-state index is 12.8. The average Bonchev–Trinajstić information content (AvgIpc) is 2.75. The summed E-state index contributed by atoms with van der Waals surface area (Å²) in [5.41, 5.74) is 4.91. The molecule has 0 saturated carbocycles. The van der Waals surface area contributed by atoms with E-state index in [1.54, 1.807) is 30.3 Å². The molecule has 0 saturated heterocycles. The van der Waals surface area contributed by atoms with E-state index in [0.29, 0.717) is 11.4 Å². The Morgan fingerprint density at radius 3 is 2.52 bits per heavy atom. The summed E-state index contributed by atoms with van der Waals surface area (Å²) in [6.45, 7) is 1.92. The Labute approximate surface area is 157 Å². The summed E-state index contributed by atoms with van der Waals surface area (Å²) >= 11 is 0. The Balaban J connectivity index is 1.79. The Morgan fingerprint density at radius 2 is 1.74 bits per heavy atom. The van der Waals surface area contributed by atoms with Gasteiger partial charge < -0.3 is 20.2 Å². The van der Waals surface area contributed by atoms with Crippen molar-refractivity contribution in [3.63, 3.8) is 0 Å². The van der Waals surface area contributed by atoms with Gasteiger partial charge in [0.1, 0.15) is 11.6 Å². The van der Waals surface area contributed by atoms with Crippen molar-refractivity contribution in [2.75, 3.05) is 29.2 Å². The van der Waals surface area contributed by atoms with Gasteiger partial charge in [-0.2, -0.15) is 0 Å². The minimum Gasteiger partial charge on any atom is -0.508 e. The summed E-state index contributed by atoms with van der Waals surface area (Å²) in [7, 11) is 3.70. The third-order valence-electron chi connectivity index (χ3n) is 4.86. The number of benzene rings is 2. The number of anilines is 5. The minimum atomic E-state index is -0.0620. The van der Waals surface area contributed by atoms with Crippen LogP contribution in [0.5, 0.6) is 5.75 Å². The predicted octanol–water partition coefficient (Wildman–Crippen LogP) is 4.20. The van der Waals surface area contributed by atoms with Crippen LogP contribution in [0.1, 0.15) is 15.9 Å². The number of rotatable bonds is 2. The second-order valence-electron chi connectivity index (χ2n) is 6.62. The zero-order valence-electron chi connectivity index (χ0n) is 15.4. The van der Waals surface area contributed by atoms with Gasteiger partial charge >= 0.3 is 0 Å². The van der Waals surface area contributed by atoms with Gasteiger partial charge in [-0.3, -0.25) is 4.79 Å². The summed E-state index contributed by atoms with van der Waals surface area (Å²) < 4.78 is 0. The van der Waals surface area contributed by atoms with Crippen LogP contribution in [0.4, 0.5) is 28.6 Å². The van der Waals surface area contributed by atoms with Crippen molar-refractivity contribution >= 4 is 34.5 Å². The normalized spacial score (nSPS) is 13.1. The number of amides is 1. The number of nitrogens with zero attached hydrogens (tertiary/aromatic N) is 3. The fraction of sp³-hybridized carbons (Fsp3) is 0.143. The van der Waals surface area contributed by atoms with Gasteiger partial charge in [-0.25, -0.2) is 4.98 Å². The van der Waals surface area contributed by atoms with Gasteiger partial charge in [-0.15, -0.1) is 0 Å². The van der Waals surface area contributed by atoms with E-state index in [1.165, 1.54) is 0 Å². The van der Waals surface area contributed by atoms with Gasteiger partial charge in [0.25, 0.3) is 5.91 Å². The third-order valence-corrected chi connectivity index (χ3v) is 4.86. The second kappa shape index (κ2) is 6.32. The minimum absolute atomic E-state index is 0.0620. The van der Waals surface area contributed by atoms with Crippen molar-refractivity contribution in [2.24, 2.45) is 0 Å². The number of carbonyl (C=O) groups excluding carboxylic acids is 1. The molecule has 2 N–H and O–H groups in total. The average molecular weight is 360 g/mol. The molecule has 6 nitrogen and oxygen atoms in total. The molecule has 0 atom stereocenters. The molecule has 4 rings (SSSR count). The molecule has 0 unspecified atom stereocenters. The van der Waals surface area contributed by atoms with Crippen LogP contribution in [0.3, 0.4) is 0 Å². The fourth-order valence-electron chi connectivity index (χ4n) is 3.33. The number of hydrogen-bond acceptors (Lipinski definition) is 5. The first-order valence-corrected chi connectivity index (χ1v) is 8.63. The highest BCUT2D eigenvalue weighted by Crippen LogP contribution is 2.40. The van der Waals surface area contributed by atoms with E-state index in [0.717, 1.165) is 28.3 Å². The van der Waals surface area contributed by atoms with E-state index in [2.05, 4.69) is 10.3 Å². The quantitative estimate of drug-likeness (QED) is 0.671. The second-order valence-corrected chi connectivity index (χ2v) is 6.62. The summed E-state index contributed by atoms with van der Waals surface area (Å²) in [5.74, 6) is 0.826. The number of para-hydroxylation sites is 1. The predicted molar refractivity (Wildman–Crippen MR) is 108 cm³/mol. The lowest BCUT2D eigenvalue weighted by molar-refractivity contribution is 0.0994. The van der Waals surface area contributed by atoms with E-state index in [1.807, 2.05) is 55.3 Å². The van der Waals surface area contributed by atoms with Crippen LogP contribution < -0.4 is 15.1 Å². The Kier molecular flexibility index (Phi) is 3.96. The zero-order valence-corrected chi connectivity index (χ0v) is 15.4. The lowest BCUT2D eigenvalue weighted by atomic mass is 10.1. The Hall–Kier alpha value is -3.54. The summed E-state index contributed by atoms with van der Waals surface area (Å²) in [4.78, 5) is 20.9. The molecule has 6 heteroatoms. The molecular formula is C21H20N4O2. The molecule has 0 aliphatic carbocycles. The van der Waals surface area contributed by atoms with Crippen LogP contribution in [0.25, 0.3) is 0 Å². The SMILES string of the molecule is Cc1cc(O)ccc1Nc1cc2c(cn1)N(C)C(=O)c1ccccc1N2C. The molecule has 2 aromatic carbocycles. The molecule has 3 aromatic rings. The maximum atomic E-state index is 12.8. The molecule has 1 aliphatic heterocycles. The maximum Gasteiger partial charge on any atom is 0.260 e. The molecule has 1 aromatic heterocycles. The summed E-state index contributed by atoms with van der Waals surface area (Å²) in [6, 6.07) is 14.6. The molecule has 0 bridgehead atoms. The van der Waals surface area contributed by atoms with E-state index >= 15 is 0 Å². The van der Waals surface area contributed by atoms with Crippen molar-refractivity contribution < 1.29 is 9.90 Å². The number of pyridine rings is 1. The molecular weight excluding hydrogens is 340 g/mol. The monoisotopic (exact) mass is 360 g/mol. The van der Waals surface area contributed by atoms with Gasteiger partial charge in [0.05, 0.1) is 28.8 Å². The number of fused-ring (bicyclic) bond motifs is 2. The van der Waals surface area contributed by atoms with Crippen molar-refractivity contribution in [1.29, 1.82) is 0 Å². The molecule has 0 fully saturated rings. The first-order valence-electron chi connectivity index (χ1n) is 8.63. The van der Waals surface area contributed by atoms with Crippen LogP contribution >= 0.6 is 0 Å². The van der Waals surface area contributed by atoms with E-state index < -0.39 is 0 Å². The zero-order chi connectivity index (χ0) is 19.1.